The van der Waals surface area contributed by atoms with Gasteiger partial charge in [0.1, 0.15) is 0 Å². The third-order valence-electron chi connectivity index (χ3n) is 0.910. The van der Waals surface area contributed by atoms with E-state index in [0.717, 1.165) is 0 Å². The van der Waals surface area contributed by atoms with E-state index in [9.17, 15) is 9.59 Å². The SMILES string of the molecule is O=C(O)C(O)C(O)C(=O)[O][SbH2].[H-].[H-].[K+].[Na+]. The summed E-state index contributed by atoms with van der Waals surface area (Å²) in [6.45, 7) is 0. The Hall–Kier alpha value is 2.31. The molecule has 0 heterocycles. The number of aliphatic carboxylic acids is 1. The van der Waals surface area contributed by atoms with E-state index < -0.39 is 24.1 Å². The number of aliphatic hydroxyl groups is 2. The van der Waals surface area contributed by atoms with Gasteiger partial charge in [0.2, 0.25) is 0 Å². The van der Waals surface area contributed by atoms with Crippen molar-refractivity contribution in [1.29, 1.82) is 0 Å². The average Bonchev–Trinajstić information content (AvgIpc) is 2.00. The first-order chi connectivity index (χ1) is 5.00. The summed E-state index contributed by atoms with van der Waals surface area (Å²) < 4.78 is 4.10. The maximum atomic E-state index is 10.4. The molecule has 2 unspecified atom stereocenters. The Kier molecular flexibility index (Phi) is 17.2. The molecule has 0 rings (SSSR count). The van der Waals surface area contributed by atoms with E-state index in [0.29, 0.717) is 0 Å². The van der Waals surface area contributed by atoms with Crippen molar-refractivity contribution in [3.05, 3.63) is 0 Å². The van der Waals surface area contributed by atoms with Gasteiger partial charge >= 0.3 is 156 Å². The number of carbonyl (C=O) groups is 2. The minimum atomic E-state index is -2.12. The average molecular weight is 337 g/mol. The first kappa shape index (κ1) is 20.7. The zero-order valence-electron chi connectivity index (χ0n) is 9.30. The van der Waals surface area contributed by atoms with Gasteiger partial charge < -0.3 is 2.85 Å². The fraction of sp³-hybridized carbons (Fsp3) is 0.500. The van der Waals surface area contributed by atoms with Gasteiger partial charge in [0.25, 0.3) is 0 Å². The van der Waals surface area contributed by atoms with Crippen LogP contribution in [0.15, 0.2) is 0 Å². The summed E-state index contributed by atoms with van der Waals surface area (Å²) in [7, 11) is 0. The first-order valence-electron chi connectivity index (χ1n) is 2.50. The van der Waals surface area contributed by atoms with Gasteiger partial charge in [-0.1, -0.05) is 0 Å². The monoisotopic (exact) mass is 336 g/mol. The smallest absolute Gasteiger partial charge is 1.00 e. The van der Waals surface area contributed by atoms with Crippen LogP contribution in [-0.4, -0.2) is 62.9 Å². The minimum Gasteiger partial charge on any atom is -1.00 e. The van der Waals surface area contributed by atoms with Crippen LogP contribution in [0.4, 0.5) is 0 Å². The Morgan fingerprint density at radius 1 is 1.31 bits per heavy atom. The van der Waals surface area contributed by atoms with Crippen molar-refractivity contribution in [3.63, 3.8) is 0 Å². The molecule has 13 heavy (non-hydrogen) atoms. The van der Waals surface area contributed by atoms with Crippen molar-refractivity contribution in [1.82, 2.24) is 0 Å². The molecule has 6 nitrogen and oxygen atoms in total. The van der Waals surface area contributed by atoms with Gasteiger partial charge in [0.15, 0.2) is 0 Å². The number of carbonyl (C=O) groups excluding carboxylic acids is 1. The molecule has 0 aromatic heterocycles. The molecular weight excluding hydrogens is 328 g/mol. The largest absolute Gasteiger partial charge is 1.00 e. The Balaban J connectivity index is -0.0000000833. The molecule has 0 bridgehead atoms. The molecule has 0 saturated carbocycles. The summed E-state index contributed by atoms with van der Waals surface area (Å²) >= 11 is 0.108. The van der Waals surface area contributed by atoms with E-state index in [-0.39, 0.29) is 107 Å². The van der Waals surface area contributed by atoms with Crippen LogP contribution >= 0.6 is 0 Å². The fourth-order valence-corrected chi connectivity index (χ4v) is 0.732. The van der Waals surface area contributed by atoms with Gasteiger partial charge in [-0.15, -0.1) is 0 Å². The van der Waals surface area contributed by atoms with Crippen LogP contribution in [0.5, 0.6) is 0 Å². The molecule has 0 fully saturated rings. The zero-order chi connectivity index (χ0) is 9.02. The van der Waals surface area contributed by atoms with Gasteiger partial charge in [-0.25, -0.2) is 0 Å². The molecule has 9 heteroatoms. The van der Waals surface area contributed by atoms with Crippen molar-refractivity contribution < 1.29 is 112 Å². The Labute approximate surface area is 156 Å². The van der Waals surface area contributed by atoms with E-state index in [1.807, 2.05) is 0 Å². The predicted molar refractivity (Wildman–Crippen MR) is 36.5 cm³/mol. The van der Waals surface area contributed by atoms with Crippen LogP contribution < -0.4 is 80.9 Å². The predicted octanol–water partition coefficient (Wildman–Crippen LogP) is -8.88. The number of hydrogen-bond donors (Lipinski definition) is 3. The second-order valence-corrected chi connectivity index (χ2v) is 2.34. The van der Waals surface area contributed by atoms with Crippen LogP contribution in [-0.2, 0) is 12.6 Å². The molecule has 68 valence electrons. The Morgan fingerprint density at radius 3 is 1.92 bits per heavy atom. The number of aliphatic hydroxyl groups excluding tert-OH is 2. The Morgan fingerprint density at radius 2 is 1.69 bits per heavy atom. The topological polar surface area (TPSA) is 104 Å². The number of carboxylic acid groups (broad SMARTS) is 1. The van der Waals surface area contributed by atoms with Crippen molar-refractivity contribution in [2.24, 2.45) is 0 Å². The normalized spacial score (nSPS) is 12.8. The van der Waals surface area contributed by atoms with E-state index in [4.69, 9.17) is 15.3 Å². The molecule has 0 aliphatic carbocycles. The number of rotatable bonds is 3. The quantitative estimate of drug-likeness (QED) is 0.442. The van der Waals surface area contributed by atoms with Gasteiger partial charge in [-0.3, -0.25) is 0 Å². The molecule has 0 amide bonds. The summed E-state index contributed by atoms with van der Waals surface area (Å²) in [6.07, 6.45) is -4.11. The van der Waals surface area contributed by atoms with Crippen molar-refractivity contribution >= 4 is 35.4 Å². The summed E-state index contributed by atoms with van der Waals surface area (Å²) in [6, 6.07) is 0. The Bertz CT molecular complexity index is 187. The molecule has 0 spiro atoms. The molecule has 0 aliphatic heterocycles. The summed E-state index contributed by atoms with van der Waals surface area (Å²) in [5.41, 5.74) is 0. The molecule has 0 aromatic rings. The van der Waals surface area contributed by atoms with Crippen molar-refractivity contribution in [2.45, 2.75) is 12.2 Å². The third kappa shape index (κ3) is 8.16. The van der Waals surface area contributed by atoms with E-state index in [1.165, 1.54) is 0 Å². The first-order valence-corrected chi connectivity index (χ1v) is 3.84. The van der Waals surface area contributed by atoms with Crippen LogP contribution in [0.1, 0.15) is 2.85 Å². The maximum absolute atomic E-state index is 10.4. The van der Waals surface area contributed by atoms with Crippen LogP contribution in [0.25, 0.3) is 0 Å². The number of carboxylic acids is 1. The summed E-state index contributed by atoms with van der Waals surface area (Å²) in [4.78, 5) is 20.3. The van der Waals surface area contributed by atoms with E-state index in [2.05, 4.69) is 3.02 Å². The fourth-order valence-electron chi connectivity index (χ4n) is 0.334. The second kappa shape index (κ2) is 10.8. The van der Waals surface area contributed by atoms with Gasteiger partial charge in [-0.05, 0) is 0 Å². The van der Waals surface area contributed by atoms with Crippen molar-refractivity contribution in [3.8, 4) is 0 Å². The zero-order valence-corrected chi connectivity index (χ0v) is 15.7. The number of hydrogen-bond acceptors (Lipinski definition) is 5. The molecule has 0 saturated heterocycles. The van der Waals surface area contributed by atoms with Crippen LogP contribution in [0, 0.1) is 0 Å². The standard InChI is InChI=1S/C4H6O6.K.Na.Sb.4H/c5-1(3(7)8)2(6)4(9)10;;;;;;;/h1-2,5-6H,(H,7,8)(H,9,10);;;;;;;/q;3*+1;;;2*-1/p-1. The van der Waals surface area contributed by atoms with Crippen molar-refractivity contribution in [2.75, 3.05) is 0 Å². The molecule has 3 N–H and O–H groups in total. The molecule has 0 aromatic carbocycles. The molecule has 2 atom stereocenters. The summed E-state index contributed by atoms with van der Waals surface area (Å²) in [5, 5.41) is 25.3. The van der Waals surface area contributed by atoms with E-state index >= 15 is 0 Å². The maximum Gasteiger partial charge on any atom is 1.00 e. The molecular formula is C4H9KNaO6Sb. The van der Waals surface area contributed by atoms with Crippen LogP contribution in [0.3, 0.4) is 0 Å². The van der Waals surface area contributed by atoms with E-state index in [1.54, 1.807) is 0 Å². The van der Waals surface area contributed by atoms with Gasteiger partial charge in [0.05, 0.1) is 0 Å². The second-order valence-electron chi connectivity index (χ2n) is 1.66. The molecule has 0 aliphatic rings. The van der Waals surface area contributed by atoms with Gasteiger partial charge in [-0.2, -0.15) is 0 Å². The van der Waals surface area contributed by atoms with Crippen LogP contribution in [0.2, 0.25) is 0 Å². The molecule has 0 radical (unpaired) electrons. The third-order valence-corrected chi connectivity index (χ3v) is 1.57. The minimum absolute atomic E-state index is 0. The van der Waals surface area contributed by atoms with Gasteiger partial charge in [0, 0.05) is 0 Å². The summed E-state index contributed by atoms with van der Waals surface area (Å²) in [5.74, 6) is -2.79.